The van der Waals surface area contributed by atoms with Crippen molar-refractivity contribution in [2.45, 2.75) is 33.4 Å². The van der Waals surface area contributed by atoms with Gasteiger partial charge in [-0.15, -0.1) is 0 Å². The molecular formula is C14H21N3O3. The lowest BCUT2D eigenvalue weighted by Gasteiger charge is -2.18. The Morgan fingerprint density at radius 1 is 1.30 bits per heavy atom. The highest BCUT2D eigenvalue weighted by Gasteiger charge is 2.18. The summed E-state index contributed by atoms with van der Waals surface area (Å²) in [7, 11) is 1.88. The Morgan fingerprint density at radius 2 is 1.85 bits per heavy atom. The van der Waals surface area contributed by atoms with Crippen molar-refractivity contribution >= 4 is 11.9 Å². The van der Waals surface area contributed by atoms with E-state index in [0.29, 0.717) is 5.75 Å². The van der Waals surface area contributed by atoms with Crippen LogP contribution in [-0.4, -0.2) is 25.1 Å². The summed E-state index contributed by atoms with van der Waals surface area (Å²) < 4.78 is 5.63. The predicted octanol–water partition coefficient (Wildman–Crippen LogP) is 0.985. The van der Waals surface area contributed by atoms with E-state index in [4.69, 9.17) is 10.5 Å². The highest BCUT2D eigenvalue weighted by Crippen LogP contribution is 2.25. The van der Waals surface area contributed by atoms with Crippen molar-refractivity contribution in [1.82, 2.24) is 10.6 Å². The molecule has 1 atom stereocenters. The molecule has 0 aliphatic heterocycles. The number of carbonyl (C=O) groups excluding carboxylic acids is 2. The summed E-state index contributed by atoms with van der Waals surface area (Å²) in [4.78, 5) is 22.2. The second-order valence-electron chi connectivity index (χ2n) is 4.70. The minimum atomic E-state index is -0.886. The van der Waals surface area contributed by atoms with Crippen molar-refractivity contribution in [1.29, 1.82) is 0 Å². The highest BCUT2D eigenvalue weighted by atomic mass is 16.5. The maximum absolute atomic E-state index is 11.6. The predicted molar refractivity (Wildman–Crippen MR) is 76.5 cm³/mol. The Balaban J connectivity index is 2.87. The first-order chi connectivity index (χ1) is 9.35. The van der Waals surface area contributed by atoms with E-state index in [0.717, 1.165) is 23.2 Å². The van der Waals surface area contributed by atoms with Crippen molar-refractivity contribution in [3.8, 4) is 5.75 Å². The van der Waals surface area contributed by atoms with Gasteiger partial charge in [-0.25, -0.2) is 4.79 Å². The number of nitrogens with two attached hydrogens (primary N) is 1. The van der Waals surface area contributed by atoms with E-state index >= 15 is 0 Å². The second-order valence-corrected chi connectivity index (χ2v) is 4.70. The number of benzene rings is 1. The van der Waals surface area contributed by atoms with Crippen LogP contribution in [0.2, 0.25) is 0 Å². The number of carbonyl (C=O) groups is 2. The molecule has 6 heteroatoms. The molecule has 3 amide bonds. The number of nitrogens with one attached hydrogen (secondary N) is 2. The van der Waals surface area contributed by atoms with Crippen molar-refractivity contribution in [2.75, 3.05) is 7.05 Å². The van der Waals surface area contributed by atoms with Crippen LogP contribution in [-0.2, 0) is 11.3 Å². The summed E-state index contributed by atoms with van der Waals surface area (Å²) in [5.41, 5.74) is 7.92. The Morgan fingerprint density at radius 3 is 2.30 bits per heavy atom. The number of urea groups is 1. The first kappa shape index (κ1) is 16.0. The second kappa shape index (κ2) is 6.91. The third-order valence-electron chi connectivity index (χ3n) is 2.81. The van der Waals surface area contributed by atoms with Crippen LogP contribution in [0.3, 0.4) is 0 Å². The topological polar surface area (TPSA) is 93.4 Å². The van der Waals surface area contributed by atoms with Gasteiger partial charge in [-0.05, 0) is 44.5 Å². The molecule has 0 aromatic heterocycles. The van der Waals surface area contributed by atoms with Gasteiger partial charge >= 0.3 is 6.03 Å². The van der Waals surface area contributed by atoms with E-state index in [1.165, 1.54) is 0 Å². The monoisotopic (exact) mass is 279 g/mol. The Kier molecular flexibility index (Phi) is 5.52. The zero-order valence-electron chi connectivity index (χ0n) is 12.2. The number of ether oxygens (including phenoxy) is 1. The van der Waals surface area contributed by atoms with Gasteiger partial charge in [0.1, 0.15) is 5.75 Å². The number of rotatable bonds is 5. The number of primary amides is 1. The Labute approximate surface area is 118 Å². The van der Waals surface area contributed by atoms with Crippen LogP contribution in [0.25, 0.3) is 0 Å². The fourth-order valence-corrected chi connectivity index (χ4v) is 1.99. The van der Waals surface area contributed by atoms with Crippen LogP contribution >= 0.6 is 0 Å². The lowest BCUT2D eigenvalue weighted by atomic mass is 10.1. The highest BCUT2D eigenvalue weighted by molar-refractivity contribution is 5.95. The Bertz CT molecular complexity index is 491. The van der Waals surface area contributed by atoms with E-state index in [2.05, 4.69) is 5.32 Å². The van der Waals surface area contributed by atoms with E-state index < -0.39 is 18.0 Å². The molecule has 4 N–H and O–H groups in total. The molecule has 1 unspecified atom stereocenters. The average Bonchev–Trinajstić information content (AvgIpc) is 2.33. The molecule has 0 fully saturated rings. The molecule has 0 aliphatic carbocycles. The van der Waals surface area contributed by atoms with Crippen LogP contribution in [0, 0.1) is 13.8 Å². The molecule has 1 rings (SSSR count). The van der Waals surface area contributed by atoms with E-state index in [1.54, 1.807) is 6.92 Å². The van der Waals surface area contributed by atoms with Crippen LogP contribution in [0.5, 0.6) is 5.75 Å². The maximum Gasteiger partial charge on any atom is 0.318 e. The lowest BCUT2D eigenvalue weighted by molar-refractivity contribution is -0.126. The van der Waals surface area contributed by atoms with Crippen LogP contribution < -0.4 is 21.1 Å². The van der Waals surface area contributed by atoms with Crippen molar-refractivity contribution < 1.29 is 14.3 Å². The largest absolute Gasteiger partial charge is 0.480 e. The van der Waals surface area contributed by atoms with Crippen LogP contribution in [0.1, 0.15) is 23.6 Å². The van der Waals surface area contributed by atoms with E-state index in [1.807, 2.05) is 38.3 Å². The molecule has 0 bridgehead atoms. The number of hydrogen-bond acceptors (Lipinski definition) is 4. The van der Waals surface area contributed by atoms with E-state index in [9.17, 15) is 9.59 Å². The average molecular weight is 279 g/mol. The summed E-state index contributed by atoms with van der Waals surface area (Å²) in [5.74, 6) is 0.0903. The molecule has 0 saturated carbocycles. The maximum atomic E-state index is 11.6. The molecule has 0 saturated heterocycles. The first-order valence-electron chi connectivity index (χ1n) is 6.36. The smallest absolute Gasteiger partial charge is 0.318 e. The fourth-order valence-electron chi connectivity index (χ4n) is 1.99. The summed E-state index contributed by atoms with van der Waals surface area (Å²) in [6, 6.07) is 3.11. The molecule has 0 aliphatic rings. The standard InChI is InChI=1S/C14H21N3O3/c1-8-5-11(7-16-4)6-9(2)12(8)20-10(3)13(18)17-14(15)19/h5-6,10,16H,7H2,1-4H3,(H3,15,17,18,19). The molecule has 0 spiro atoms. The summed E-state index contributed by atoms with van der Waals surface area (Å²) in [6.45, 7) is 6.17. The summed E-state index contributed by atoms with van der Waals surface area (Å²) in [6.07, 6.45) is -0.796. The van der Waals surface area contributed by atoms with Crippen molar-refractivity contribution in [3.63, 3.8) is 0 Å². The van der Waals surface area contributed by atoms with E-state index in [-0.39, 0.29) is 0 Å². The molecule has 110 valence electrons. The van der Waals surface area contributed by atoms with Crippen LogP contribution in [0.4, 0.5) is 4.79 Å². The number of imide groups is 1. The summed E-state index contributed by atoms with van der Waals surface area (Å²) >= 11 is 0. The third kappa shape index (κ3) is 4.24. The van der Waals surface area contributed by atoms with Gasteiger partial charge in [0.05, 0.1) is 0 Å². The van der Waals surface area contributed by atoms with Crippen LogP contribution in [0.15, 0.2) is 12.1 Å². The first-order valence-corrected chi connectivity index (χ1v) is 6.36. The molecule has 0 heterocycles. The van der Waals surface area contributed by atoms with Gasteiger partial charge in [0.25, 0.3) is 5.91 Å². The van der Waals surface area contributed by atoms with Crippen molar-refractivity contribution in [2.24, 2.45) is 5.73 Å². The van der Waals surface area contributed by atoms with Gasteiger partial charge < -0.3 is 15.8 Å². The molecule has 6 nitrogen and oxygen atoms in total. The molecule has 20 heavy (non-hydrogen) atoms. The SMILES string of the molecule is CNCc1cc(C)c(OC(C)C(=O)NC(N)=O)c(C)c1. The van der Waals surface area contributed by atoms with Gasteiger partial charge in [0.2, 0.25) is 0 Å². The number of aryl methyl sites for hydroxylation is 2. The quantitative estimate of drug-likeness (QED) is 0.749. The Hall–Kier alpha value is -2.08. The molecular weight excluding hydrogens is 258 g/mol. The van der Waals surface area contributed by atoms with Gasteiger partial charge in [0, 0.05) is 6.54 Å². The molecule has 0 radical (unpaired) electrons. The van der Waals surface area contributed by atoms with Gasteiger partial charge in [-0.3, -0.25) is 10.1 Å². The zero-order valence-corrected chi connectivity index (χ0v) is 12.2. The van der Waals surface area contributed by atoms with Gasteiger partial charge in [-0.1, -0.05) is 12.1 Å². The van der Waals surface area contributed by atoms with Gasteiger partial charge in [-0.2, -0.15) is 0 Å². The fraction of sp³-hybridized carbons (Fsp3) is 0.429. The number of hydrogen-bond donors (Lipinski definition) is 3. The molecule has 1 aromatic carbocycles. The number of amides is 3. The third-order valence-corrected chi connectivity index (χ3v) is 2.81. The zero-order chi connectivity index (χ0) is 15.3. The van der Waals surface area contributed by atoms with Crippen molar-refractivity contribution in [3.05, 3.63) is 28.8 Å². The summed E-state index contributed by atoms with van der Waals surface area (Å²) in [5, 5.41) is 5.08. The normalized spacial score (nSPS) is 11.8. The van der Waals surface area contributed by atoms with Gasteiger partial charge in [0.15, 0.2) is 6.10 Å². The minimum absolute atomic E-state index is 0.560. The lowest BCUT2D eigenvalue weighted by Crippen LogP contribution is -2.42. The molecule has 1 aromatic rings. The minimum Gasteiger partial charge on any atom is -0.480 e.